The minimum absolute atomic E-state index is 0. The zero-order chi connectivity index (χ0) is 15.9. The number of hydrogen-bond acceptors (Lipinski definition) is 10. The molecule has 2 heterocycles. The number of halogens is 2. The van der Waals surface area contributed by atoms with Crippen molar-refractivity contribution in [2.75, 3.05) is 65.0 Å². The summed E-state index contributed by atoms with van der Waals surface area (Å²) < 4.78 is 10.2. The van der Waals surface area contributed by atoms with Crippen LogP contribution in [0.3, 0.4) is 0 Å². The molecule has 0 aromatic carbocycles. The van der Waals surface area contributed by atoms with Gasteiger partial charge in [-0.15, -0.1) is 0 Å². The maximum atomic E-state index is 5.08. The van der Waals surface area contributed by atoms with E-state index in [0.717, 1.165) is 13.1 Å². The summed E-state index contributed by atoms with van der Waals surface area (Å²) in [4.78, 5) is 12.4. The van der Waals surface area contributed by atoms with Gasteiger partial charge in [0.05, 0.1) is 0 Å². The van der Waals surface area contributed by atoms with Crippen molar-refractivity contribution in [1.29, 1.82) is 0 Å². The van der Waals surface area contributed by atoms with Crippen molar-refractivity contribution in [3.05, 3.63) is 0 Å². The number of nitrogens with one attached hydrogen (secondary N) is 2. The van der Waals surface area contributed by atoms with E-state index in [9.17, 15) is 0 Å². The molecule has 0 aliphatic rings. The maximum Gasteiger partial charge on any atom is 0.321 e. The lowest BCUT2D eigenvalue weighted by atomic mass is 10.5. The predicted octanol–water partition coefficient (Wildman–Crippen LogP) is -5.93. The Morgan fingerprint density at radius 3 is 1.46 bits per heavy atom. The molecule has 0 aliphatic heterocycles. The van der Waals surface area contributed by atoms with E-state index in [1.807, 2.05) is 28.2 Å². The van der Waals surface area contributed by atoms with Crippen LogP contribution in [0.4, 0.5) is 12.0 Å². The van der Waals surface area contributed by atoms with Crippen LogP contribution in [0.2, 0.25) is 0 Å². The average Bonchev–Trinajstić information content (AvgIpc) is 3.06. The van der Waals surface area contributed by atoms with Gasteiger partial charge in [0.15, 0.2) is 0 Å². The molecule has 0 spiro atoms. The van der Waals surface area contributed by atoms with E-state index in [-0.39, 0.29) is 36.5 Å². The van der Waals surface area contributed by atoms with Crippen LogP contribution in [-0.2, 0) is 0 Å². The summed E-state index contributed by atoms with van der Waals surface area (Å²) in [6.45, 7) is 3.14. The smallest absolute Gasteiger partial charge is 0.321 e. The number of likely N-dealkylation sites (N-methyl/N-ethyl adjacent to an activating group) is 2. The number of rotatable bonds is 9. The summed E-state index contributed by atoms with van der Waals surface area (Å²) in [6.07, 6.45) is 0. The van der Waals surface area contributed by atoms with Gasteiger partial charge in [-0.05, 0) is 28.2 Å². The summed E-state index contributed by atoms with van der Waals surface area (Å²) in [5.41, 5.74) is 0. The van der Waals surface area contributed by atoms with Gasteiger partial charge in [-0.2, -0.15) is 9.97 Å². The Morgan fingerprint density at radius 2 is 1.12 bits per heavy atom. The normalized spacial score (nSPS) is 10.4. The SMILES string of the molecule is CN(C)CCNc1nc(-c2noc(NCCN(C)C)n2)no1.[Cl-].[Cl-]. The van der Waals surface area contributed by atoms with Gasteiger partial charge in [-0.1, -0.05) is 10.3 Å². The minimum atomic E-state index is 0. The lowest BCUT2D eigenvalue weighted by Gasteiger charge is -2.08. The number of nitrogens with zero attached hydrogens (tertiary/aromatic N) is 6. The fourth-order valence-corrected chi connectivity index (χ4v) is 1.55. The van der Waals surface area contributed by atoms with E-state index in [1.54, 1.807) is 0 Å². The second kappa shape index (κ2) is 11.0. The van der Waals surface area contributed by atoms with Crippen molar-refractivity contribution in [3.63, 3.8) is 0 Å². The molecular weight excluding hydrogens is 359 g/mol. The van der Waals surface area contributed by atoms with Gasteiger partial charge in [0, 0.05) is 26.2 Å². The van der Waals surface area contributed by atoms with Crippen LogP contribution in [0.15, 0.2) is 9.05 Å². The summed E-state index contributed by atoms with van der Waals surface area (Å²) in [6, 6.07) is 0.674. The van der Waals surface area contributed by atoms with Gasteiger partial charge in [0.1, 0.15) is 0 Å². The van der Waals surface area contributed by atoms with Crippen LogP contribution in [0.25, 0.3) is 11.6 Å². The quantitative estimate of drug-likeness (QED) is 0.436. The summed E-state index contributed by atoms with van der Waals surface area (Å²) in [5.74, 6) is 0.577. The highest BCUT2D eigenvalue weighted by atomic mass is 35.5. The van der Waals surface area contributed by atoms with Gasteiger partial charge in [0.2, 0.25) is 11.6 Å². The Morgan fingerprint density at radius 1 is 0.750 bits per heavy atom. The van der Waals surface area contributed by atoms with Gasteiger partial charge in [0.25, 0.3) is 0 Å². The Balaban J connectivity index is 0.00000264. The highest BCUT2D eigenvalue weighted by molar-refractivity contribution is 5.45. The van der Waals surface area contributed by atoms with Crippen molar-refractivity contribution >= 4 is 12.0 Å². The van der Waals surface area contributed by atoms with Crippen molar-refractivity contribution < 1.29 is 33.9 Å². The van der Waals surface area contributed by atoms with E-state index >= 15 is 0 Å². The molecule has 0 aliphatic carbocycles. The van der Waals surface area contributed by atoms with Crippen LogP contribution >= 0.6 is 0 Å². The fourth-order valence-electron chi connectivity index (χ4n) is 1.55. The summed E-state index contributed by atoms with van der Waals surface area (Å²) >= 11 is 0. The molecular formula is C12H22Cl2N8O2-2. The standard InChI is InChI=1S/C12H22N8O2.2ClH/c1-19(2)7-5-13-11-15-9(17-21-11)10-16-12(22-18-10)14-6-8-20(3)4;;/h5-8H2,1-4H3,(H,13,15,17)(H,14,16,18);2*1H/p-2. The van der Waals surface area contributed by atoms with Gasteiger partial charge in [-0.25, -0.2) is 0 Å². The van der Waals surface area contributed by atoms with Crippen molar-refractivity contribution in [2.45, 2.75) is 0 Å². The Labute approximate surface area is 153 Å². The molecule has 10 nitrogen and oxygen atoms in total. The highest BCUT2D eigenvalue weighted by Crippen LogP contribution is 2.15. The Hall–Kier alpha value is -1.62. The molecule has 0 fully saturated rings. The number of anilines is 2. The van der Waals surface area contributed by atoms with Crippen molar-refractivity contribution in [3.8, 4) is 11.6 Å². The van der Waals surface area contributed by atoms with Crippen LogP contribution in [-0.4, -0.2) is 84.5 Å². The summed E-state index contributed by atoms with van der Waals surface area (Å²) in [7, 11) is 7.96. The molecule has 0 radical (unpaired) electrons. The molecule has 0 unspecified atom stereocenters. The van der Waals surface area contributed by atoms with Crippen LogP contribution in [0.5, 0.6) is 0 Å². The molecule has 138 valence electrons. The van der Waals surface area contributed by atoms with E-state index < -0.39 is 0 Å². The molecule has 2 aromatic rings. The second-order valence-corrected chi connectivity index (χ2v) is 5.31. The monoisotopic (exact) mass is 380 g/mol. The number of aromatic nitrogens is 4. The minimum Gasteiger partial charge on any atom is -1.00 e. The topological polar surface area (TPSA) is 108 Å². The molecule has 0 amide bonds. The largest absolute Gasteiger partial charge is 1.00 e. The third-order valence-electron chi connectivity index (χ3n) is 2.72. The van der Waals surface area contributed by atoms with Gasteiger partial charge < -0.3 is 54.3 Å². The lowest BCUT2D eigenvalue weighted by Crippen LogP contribution is -3.00. The van der Waals surface area contributed by atoms with Gasteiger partial charge >= 0.3 is 12.0 Å². The highest BCUT2D eigenvalue weighted by Gasteiger charge is 2.15. The molecule has 2 rings (SSSR count). The maximum absolute atomic E-state index is 5.08. The first kappa shape index (κ1) is 22.4. The molecule has 12 heteroatoms. The molecule has 2 aromatic heterocycles. The van der Waals surface area contributed by atoms with E-state index in [4.69, 9.17) is 9.05 Å². The molecule has 24 heavy (non-hydrogen) atoms. The van der Waals surface area contributed by atoms with Crippen LogP contribution in [0.1, 0.15) is 0 Å². The summed E-state index contributed by atoms with van der Waals surface area (Å²) in [5, 5.41) is 13.7. The average molecular weight is 381 g/mol. The zero-order valence-corrected chi connectivity index (χ0v) is 15.6. The fraction of sp³-hybridized carbons (Fsp3) is 0.667. The Bertz CT molecular complexity index is 525. The first-order valence-corrected chi connectivity index (χ1v) is 6.99. The van der Waals surface area contributed by atoms with Gasteiger partial charge in [-0.3, -0.25) is 0 Å². The van der Waals surface area contributed by atoms with E-state index in [2.05, 4.69) is 40.7 Å². The molecule has 0 bridgehead atoms. The molecule has 2 N–H and O–H groups in total. The lowest BCUT2D eigenvalue weighted by molar-refractivity contribution is -0.00100. The molecule has 0 saturated heterocycles. The zero-order valence-electron chi connectivity index (χ0n) is 14.1. The van der Waals surface area contributed by atoms with Crippen molar-refractivity contribution in [2.24, 2.45) is 0 Å². The van der Waals surface area contributed by atoms with E-state index in [0.29, 0.717) is 25.1 Å². The second-order valence-electron chi connectivity index (χ2n) is 5.31. The van der Waals surface area contributed by atoms with Crippen LogP contribution in [0, 0.1) is 0 Å². The third kappa shape index (κ3) is 7.30. The molecule has 0 atom stereocenters. The third-order valence-corrected chi connectivity index (χ3v) is 2.72. The molecule has 0 saturated carbocycles. The Kier molecular flexibility index (Phi) is 10.3. The van der Waals surface area contributed by atoms with Crippen LogP contribution < -0.4 is 35.4 Å². The first-order valence-electron chi connectivity index (χ1n) is 6.99. The predicted molar refractivity (Wildman–Crippen MR) is 81.7 cm³/mol. The first-order chi connectivity index (χ1) is 10.5. The number of hydrogen-bond donors (Lipinski definition) is 2. The van der Waals surface area contributed by atoms with Crippen molar-refractivity contribution in [1.82, 2.24) is 30.1 Å². The van der Waals surface area contributed by atoms with E-state index in [1.165, 1.54) is 0 Å².